The van der Waals surface area contributed by atoms with Crippen LogP contribution in [-0.4, -0.2) is 54.8 Å². The molecule has 2 aromatic heterocycles. The van der Waals surface area contributed by atoms with E-state index in [2.05, 4.69) is 32.4 Å². The first-order valence-corrected chi connectivity index (χ1v) is 12.8. The third-order valence-corrected chi connectivity index (χ3v) is 6.70. The van der Waals surface area contributed by atoms with E-state index in [0.717, 1.165) is 54.2 Å². The zero-order valence-corrected chi connectivity index (χ0v) is 21.4. The van der Waals surface area contributed by atoms with Gasteiger partial charge in [0.2, 0.25) is 0 Å². The minimum absolute atomic E-state index is 0.129. The number of anilines is 2. The maximum atomic E-state index is 13.1. The van der Waals surface area contributed by atoms with Gasteiger partial charge < -0.3 is 20.3 Å². The number of amides is 1. The van der Waals surface area contributed by atoms with Gasteiger partial charge >= 0.3 is 6.18 Å². The van der Waals surface area contributed by atoms with E-state index in [9.17, 15) is 18.0 Å². The fourth-order valence-corrected chi connectivity index (χ4v) is 4.60. The number of ether oxygens (including phenoxy) is 1. The maximum Gasteiger partial charge on any atom is 0.433 e. The molecule has 2 aliphatic heterocycles. The number of morpholine rings is 1. The number of halogens is 3. The van der Waals surface area contributed by atoms with Crippen LogP contribution in [-0.2, 0) is 10.9 Å². The Morgan fingerprint density at radius 1 is 1.15 bits per heavy atom. The van der Waals surface area contributed by atoms with Gasteiger partial charge in [-0.05, 0) is 85.3 Å². The zero-order chi connectivity index (χ0) is 27.4. The minimum atomic E-state index is -4.64. The van der Waals surface area contributed by atoms with Crippen LogP contribution >= 0.6 is 0 Å². The van der Waals surface area contributed by atoms with E-state index in [1.54, 1.807) is 6.07 Å². The molecule has 0 radical (unpaired) electrons. The van der Waals surface area contributed by atoms with Crippen molar-refractivity contribution in [3.8, 4) is 23.0 Å². The van der Waals surface area contributed by atoms with Gasteiger partial charge in [-0.3, -0.25) is 9.78 Å². The molecule has 2 N–H and O–H groups in total. The molecule has 2 saturated heterocycles. The summed E-state index contributed by atoms with van der Waals surface area (Å²) in [5, 5.41) is 6.09. The molecular weight excluding hydrogens is 507 g/mol. The Labute approximate surface area is 224 Å². The van der Waals surface area contributed by atoms with Crippen LogP contribution in [0, 0.1) is 18.8 Å². The monoisotopic (exact) mass is 535 g/mol. The van der Waals surface area contributed by atoms with Crippen LogP contribution in [0.15, 0.2) is 48.7 Å². The molecule has 39 heavy (non-hydrogen) atoms. The summed E-state index contributed by atoms with van der Waals surface area (Å²) in [6, 6.07) is 11.5. The van der Waals surface area contributed by atoms with E-state index in [0.29, 0.717) is 37.7 Å². The Balaban J connectivity index is 1.46. The van der Waals surface area contributed by atoms with Crippen LogP contribution in [0.4, 0.5) is 24.7 Å². The summed E-state index contributed by atoms with van der Waals surface area (Å²) >= 11 is 0. The highest BCUT2D eigenvalue weighted by atomic mass is 19.4. The molecule has 5 rings (SSSR count). The van der Waals surface area contributed by atoms with Gasteiger partial charge in [0.1, 0.15) is 17.2 Å². The van der Waals surface area contributed by atoms with Crippen molar-refractivity contribution in [2.75, 3.05) is 43.1 Å². The van der Waals surface area contributed by atoms with Crippen molar-refractivity contribution in [1.82, 2.24) is 15.3 Å². The molecule has 0 unspecified atom stereocenters. The van der Waals surface area contributed by atoms with E-state index >= 15 is 0 Å². The highest BCUT2D eigenvalue weighted by Crippen LogP contribution is 2.31. The smallest absolute Gasteiger partial charge is 0.378 e. The number of hydrogen-bond donors (Lipinski definition) is 2. The first-order chi connectivity index (χ1) is 18.8. The topological polar surface area (TPSA) is 79.4 Å². The van der Waals surface area contributed by atoms with Gasteiger partial charge in [-0.25, -0.2) is 4.98 Å². The number of hydrogen-bond acceptors (Lipinski definition) is 6. The van der Waals surface area contributed by atoms with E-state index < -0.39 is 17.8 Å². The molecule has 0 spiro atoms. The summed E-state index contributed by atoms with van der Waals surface area (Å²) < 4.78 is 44.7. The second-order valence-corrected chi connectivity index (χ2v) is 9.53. The second kappa shape index (κ2) is 11.4. The number of pyridine rings is 2. The first-order valence-electron chi connectivity index (χ1n) is 12.8. The normalized spacial score (nSPS) is 17.4. The van der Waals surface area contributed by atoms with Crippen LogP contribution in [0.3, 0.4) is 0 Å². The fraction of sp³-hybridized carbons (Fsp3) is 0.345. The number of nitrogens with zero attached hydrogens (tertiary/aromatic N) is 3. The summed E-state index contributed by atoms with van der Waals surface area (Å²) in [5.74, 6) is 6.66. The minimum Gasteiger partial charge on any atom is -0.378 e. The average molecular weight is 536 g/mol. The van der Waals surface area contributed by atoms with Crippen molar-refractivity contribution in [3.63, 3.8) is 0 Å². The number of carbonyl (C=O) groups is 1. The average Bonchev–Trinajstić information content (AvgIpc) is 3.47. The van der Waals surface area contributed by atoms with Gasteiger partial charge in [0.25, 0.3) is 5.91 Å². The Morgan fingerprint density at radius 2 is 1.97 bits per heavy atom. The molecule has 0 aliphatic carbocycles. The van der Waals surface area contributed by atoms with Gasteiger partial charge in [0.15, 0.2) is 0 Å². The van der Waals surface area contributed by atoms with Crippen LogP contribution in [0.25, 0.3) is 11.1 Å². The highest BCUT2D eigenvalue weighted by Gasteiger charge is 2.33. The highest BCUT2D eigenvalue weighted by molar-refractivity contribution is 6.04. The van der Waals surface area contributed by atoms with Crippen molar-refractivity contribution in [1.29, 1.82) is 0 Å². The van der Waals surface area contributed by atoms with E-state index in [1.165, 1.54) is 6.07 Å². The molecule has 202 valence electrons. The number of carbonyl (C=O) groups excluding carboxylic acids is 1. The Kier molecular flexibility index (Phi) is 7.82. The van der Waals surface area contributed by atoms with Crippen LogP contribution < -0.4 is 15.5 Å². The lowest BCUT2D eigenvalue weighted by Gasteiger charge is -2.28. The summed E-state index contributed by atoms with van der Waals surface area (Å²) in [7, 11) is 0. The zero-order valence-electron chi connectivity index (χ0n) is 21.4. The molecule has 1 atom stereocenters. The Hall–Kier alpha value is -3.94. The lowest BCUT2D eigenvalue weighted by molar-refractivity contribution is -0.141. The molecule has 0 saturated carbocycles. The van der Waals surface area contributed by atoms with E-state index in [1.807, 2.05) is 31.2 Å². The molecule has 4 heterocycles. The van der Waals surface area contributed by atoms with E-state index in [-0.39, 0.29) is 11.6 Å². The molecular formula is C29H28F3N5O2. The Bertz CT molecular complexity index is 1420. The van der Waals surface area contributed by atoms with Crippen LogP contribution in [0.1, 0.15) is 40.2 Å². The summed E-state index contributed by atoms with van der Waals surface area (Å²) in [6.07, 6.45) is -1.56. The van der Waals surface area contributed by atoms with Gasteiger partial charge in [0.05, 0.1) is 19.3 Å². The number of nitrogens with one attached hydrogen (secondary N) is 2. The van der Waals surface area contributed by atoms with Crippen molar-refractivity contribution < 1.29 is 22.7 Å². The fourth-order valence-electron chi connectivity index (χ4n) is 4.60. The molecule has 3 aromatic rings. The van der Waals surface area contributed by atoms with Gasteiger partial charge in [-0.1, -0.05) is 12.0 Å². The predicted octanol–water partition coefficient (Wildman–Crippen LogP) is 4.66. The number of aromatic nitrogens is 2. The van der Waals surface area contributed by atoms with Crippen LogP contribution in [0.5, 0.6) is 0 Å². The largest absolute Gasteiger partial charge is 0.433 e. The Morgan fingerprint density at radius 3 is 2.72 bits per heavy atom. The molecule has 2 aliphatic rings. The number of benzene rings is 1. The number of aryl methyl sites for hydroxylation is 1. The molecule has 1 amide bonds. The number of rotatable bonds is 4. The third kappa shape index (κ3) is 6.56. The molecule has 7 nitrogen and oxygen atoms in total. The van der Waals surface area contributed by atoms with Crippen molar-refractivity contribution >= 4 is 17.4 Å². The maximum absolute atomic E-state index is 13.1. The summed E-state index contributed by atoms with van der Waals surface area (Å²) in [6.45, 7) is 5.58. The quantitative estimate of drug-likeness (QED) is 0.473. The van der Waals surface area contributed by atoms with Gasteiger partial charge in [-0.2, -0.15) is 13.2 Å². The van der Waals surface area contributed by atoms with Crippen molar-refractivity contribution in [2.45, 2.75) is 32.0 Å². The van der Waals surface area contributed by atoms with Crippen molar-refractivity contribution in [2.24, 2.45) is 0 Å². The predicted molar refractivity (Wildman–Crippen MR) is 143 cm³/mol. The summed E-state index contributed by atoms with van der Waals surface area (Å²) in [4.78, 5) is 23.1. The molecule has 1 aromatic carbocycles. The SMILES string of the molecule is Cc1ccc(NC(=O)c2ccnc(C(F)(F)F)c2)cc1-c1cc(C#C[C@H]2CCCN2)nc(N2CCOCC2)c1. The van der Waals surface area contributed by atoms with Crippen LogP contribution in [0.2, 0.25) is 0 Å². The third-order valence-electron chi connectivity index (χ3n) is 6.70. The standard InChI is InChI=1S/C29H28F3N5O2/c1-19-4-5-24(36-28(38)20-8-10-34-26(16-20)29(30,31)32)18-25(19)21-15-23(7-6-22-3-2-9-33-22)35-27(17-21)37-11-13-39-14-12-37/h4-5,8,10,15-18,22,33H,2-3,9,11-14H2,1H3,(H,36,38)/t22-/m1/s1. The molecule has 2 fully saturated rings. The summed E-state index contributed by atoms with van der Waals surface area (Å²) in [5.41, 5.74) is 2.56. The van der Waals surface area contributed by atoms with Gasteiger partial charge in [0, 0.05) is 30.5 Å². The van der Waals surface area contributed by atoms with Crippen molar-refractivity contribution in [3.05, 3.63) is 71.2 Å². The lowest BCUT2D eigenvalue weighted by Crippen LogP contribution is -2.36. The van der Waals surface area contributed by atoms with Gasteiger partial charge in [-0.15, -0.1) is 0 Å². The molecule has 0 bridgehead atoms. The van der Waals surface area contributed by atoms with E-state index in [4.69, 9.17) is 9.72 Å². The second-order valence-electron chi connectivity index (χ2n) is 9.53. The lowest BCUT2D eigenvalue weighted by atomic mass is 9.99. The first kappa shape index (κ1) is 26.7. The number of alkyl halides is 3. The molecule has 10 heteroatoms.